The van der Waals surface area contributed by atoms with Crippen molar-refractivity contribution in [2.24, 2.45) is 0 Å². The van der Waals surface area contributed by atoms with Gasteiger partial charge in [-0.3, -0.25) is 0 Å². The molecule has 0 saturated carbocycles. The van der Waals surface area contributed by atoms with Crippen molar-refractivity contribution in [3.63, 3.8) is 0 Å². The first kappa shape index (κ1) is 12.5. The molecular weight excluding hydrogens is 226 g/mol. The predicted octanol–water partition coefficient (Wildman–Crippen LogP) is 3.85. The van der Waals surface area contributed by atoms with E-state index in [4.69, 9.17) is 0 Å². The molecular formula is C11H18BrN. The van der Waals surface area contributed by atoms with Crippen molar-refractivity contribution in [1.29, 1.82) is 0 Å². The number of anilines is 1. The van der Waals surface area contributed by atoms with Gasteiger partial charge in [0.1, 0.15) is 0 Å². The number of hydrogen-bond donors (Lipinski definition) is 0. The summed E-state index contributed by atoms with van der Waals surface area (Å²) in [5.74, 6) is 0. The van der Waals surface area contributed by atoms with Gasteiger partial charge in [0, 0.05) is 24.3 Å². The molecule has 13 heavy (non-hydrogen) atoms. The quantitative estimate of drug-likeness (QED) is 0.725. The maximum absolute atomic E-state index is 3.43. The number of hydrogen-bond acceptors (Lipinski definition) is 1. The Kier molecular flexibility index (Phi) is 5.80. The van der Waals surface area contributed by atoms with E-state index in [1.807, 2.05) is 13.8 Å². The SMILES string of the molecule is CC.Cc1cc(Br)ccc1N(C)C. The Bertz CT molecular complexity index is 256. The van der Waals surface area contributed by atoms with Crippen LogP contribution in [0.1, 0.15) is 19.4 Å². The molecule has 0 saturated heterocycles. The van der Waals surface area contributed by atoms with Crippen molar-refractivity contribution in [3.8, 4) is 0 Å². The maximum Gasteiger partial charge on any atom is 0.0391 e. The molecule has 1 rings (SSSR count). The summed E-state index contributed by atoms with van der Waals surface area (Å²) in [4.78, 5) is 2.11. The highest BCUT2D eigenvalue weighted by molar-refractivity contribution is 9.10. The lowest BCUT2D eigenvalue weighted by Gasteiger charge is -2.15. The third-order valence-corrected chi connectivity index (χ3v) is 2.13. The number of halogens is 1. The Morgan fingerprint density at radius 1 is 1.15 bits per heavy atom. The largest absolute Gasteiger partial charge is 0.377 e. The van der Waals surface area contributed by atoms with Gasteiger partial charge >= 0.3 is 0 Å². The first-order valence-corrected chi connectivity index (χ1v) is 5.34. The van der Waals surface area contributed by atoms with Gasteiger partial charge in [-0.1, -0.05) is 29.8 Å². The second-order valence-electron chi connectivity index (χ2n) is 2.83. The fourth-order valence-corrected chi connectivity index (χ4v) is 1.60. The molecule has 74 valence electrons. The monoisotopic (exact) mass is 243 g/mol. The predicted molar refractivity (Wildman–Crippen MR) is 64.6 cm³/mol. The van der Waals surface area contributed by atoms with Crippen LogP contribution in [-0.2, 0) is 0 Å². The number of benzene rings is 1. The van der Waals surface area contributed by atoms with Crippen LogP contribution in [0.25, 0.3) is 0 Å². The molecule has 0 N–H and O–H groups in total. The maximum atomic E-state index is 3.43. The molecule has 0 radical (unpaired) electrons. The number of rotatable bonds is 1. The standard InChI is InChI=1S/C9H12BrN.C2H6/c1-7-6-8(10)4-5-9(7)11(2)3;1-2/h4-6H,1-3H3;1-2H3. The Hall–Kier alpha value is -0.500. The van der Waals surface area contributed by atoms with Crippen molar-refractivity contribution in [3.05, 3.63) is 28.2 Å². The van der Waals surface area contributed by atoms with E-state index in [-0.39, 0.29) is 0 Å². The van der Waals surface area contributed by atoms with Crippen LogP contribution in [0.5, 0.6) is 0 Å². The third kappa shape index (κ3) is 3.81. The Morgan fingerprint density at radius 3 is 2.08 bits per heavy atom. The Labute approximate surface area is 89.9 Å². The summed E-state index contributed by atoms with van der Waals surface area (Å²) in [7, 11) is 4.10. The second kappa shape index (κ2) is 6.03. The molecule has 0 atom stereocenters. The van der Waals surface area contributed by atoms with Crippen molar-refractivity contribution < 1.29 is 0 Å². The number of nitrogens with zero attached hydrogens (tertiary/aromatic N) is 1. The normalized spacial score (nSPS) is 8.77. The lowest BCUT2D eigenvalue weighted by Crippen LogP contribution is -2.09. The molecule has 0 spiro atoms. The summed E-state index contributed by atoms with van der Waals surface area (Å²) in [5.41, 5.74) is 2.57. The first-order chi connectivity index (χ1) is 6.11. The molecule has 0 heterocycles. The zero-order valence-electron chi connectivity index (χ0n) is 9.06. The summed E-state index contributed by atoms with van der Waals surface area (Å²) in [6.07, 6.45) is 0. The smallest absolute Gasteiger partial charge is 0.0391 e. The minimum atomic E-state index is 1.14. The van der Waals surface area contributed by atoms with Crippen LogP contribution >= 0.6 is 15.9 Å². The lowest BCUT2D eigenvalue weighted by molar-refractivity contribution is 1.11. The molecule has 1 nitrogen and oxygen atoms in total. The Morgan fingerprint density at radius 2 is 1.69 bits per heavy atom. The van der Waals surface area contributed by atoms with Crippen LogP contribution in [0.3, 0.4) is 0 Å². The second-order valence-corrected chi connectivity index (χ2v) is 3.74. The third-order valence-electron chi connectivity index (χ3n) is 1.64. The van der Waals surface area contributed by atoms with Gasteiger partial charge in [0.25, 0.3) is 0 Å². The van der Waals surface area contributed by atoms with Crippen LogP contribution in [0.15, 0.2) is 22.7 Å². The van der Waals surface area contributed by atoms with E-state index in [1.54, 1.807) is 0 Å². The van der Waals surface area contributed by atoms with Crippen LogP contribution < -0.4 is 4.90 Å². The topological polar surface area (TPSA) is 3.24 Å². The van der Waals surface area contributed by atoms with Gasteiger partial charge in [-0.05, 0) is 30.7 Å². The van der Waals surface area contributed by atoms with E-state index in [1.165, 1.54) is 11.3 Å². The van der Waals surface area contributed by atoms with E-state index < -0.39 is 0 Å². The Balaban J connectivity index is 0.000000671. The van der Waals surface area contributed by atoms with Crippen LogP contribution in [0.4, 0.5) is 5.69 Å². The molecule has 2 heteroatoms. The van der Waals surface area contributed by atoms with Gasteiger partial charge in [0.05, 0.1) is 0 Å². The van der Waals surface area contributed by atoms with E-state index >= 15 is 0 Å². The van der Waals surface area contributed by atoms with Crippen LogP contribution in [0, 0.1) is 6.92 Å². The summed E-state index contributed by atoms with van der Waals surface area (Å²) < 4.78 is 1.14. The summed E-state index contributed by atoms with van der Waals surface area (Å²) in [5, 5.41) is 0. The summed E-state index contributed by atoms with van der Waals surface area (Å²) >= 11 is 3.43. The fourth-order valence-electron chi connectivity index (χ4n) is 1.12. The van der Waals surface area contributed by atoms with E-state index in [2.05, 4.69) is 60.0 Å². The molecule has 0 aliphatic rings. The highest BCUT2D eigenvalue weighted by Crippen LogP contribution is 2.21. The van der Waals surface area contributed by atoms with Crippen molar-refractivity contribution in [1.82, 2.24) is 0 Å². The zero-order valence-corrected chi connectivity index (χ0v) is 10.6. The van der Waals surface area contributed by atoms with Gasteiger partial charge in [0.2, 0.25) is 0 Å². The highest BCUT2D eigenvalue weighted by Gasteiger charge is 1.98. The molecule has 0 aliphatic carbocycles. The van der Waals surface area contributed by atoms with Crippen LogP contribution in [0.2, 0.25) is 0 Å². The van der Waals surface area contributed by atoms with Gasteiger partial charge in [-0.2, -0.15) is 0 Å². The summed E-state index contributed by atoms with van der Waals surface area (Å²) in [6.45, 7) is 6.11. The van der Waals surface area contributed by atoms with E-state index in [0.29, 0.717) is 0 Å². The van der Waals surface area contributed by atoms with Gasteiger partial charge in [-0.15, -0.1) is 0 Å². The van der Waals surface area contributed by atoms with Crippen molar-refractivity contribution in [2.45, 2.75) is 20.8 Å². The van der Waals surface area contributed by atoms with E-state index in [0.717, 1.165) is 4.47 Å². The zero-order chi connectivity index (χ0) is 10.4. The van der Waals surface area contributed by atoms with Gasteiger partial charge in [0.15, 0.2) is 0 Å². The average Bonchev–Trinajstić information content (AvgIpc) is 2.07. The lowest BCUT2D eigenvalue weighted by atomic mass is 10.2. The highest BCUT2D eigenvalue weighted by atomic mass is 79.9. The molecule has 0 bridgehead atoms. The molecule has 0 unspecified atom stereocenters. The number of aryl methyl sites for hydroxylation is 1. The van der Waals surface area contributed by atoms with Gasteiger partial charge in [-0.25, -0.2) is 0 Å². The minimum Gasteiger partial charge on any atom is -0.377 e. The summed E-state index contributed by atoms with van der Waals surface area (Å²) in [6, 6.07) is 6.29. The minimum absolute atomic E-state index is 1.14. The van der Waals surface area contributed by atoms with Gasteiger partial charge < -0.3 is 4.90 Å². The molecule has 0 amide bonds. The molecule has 0 aromatic heterocycles. The molecule has 0 fully saturated rings. The van der Waals surface area contributed by atoms with Crippen LogP contribution in [-0.4, -0.2) is 14.1 Å². The average molecular weight is 244 g/mol. The first-order valence-electron chi connectivity index (χ1n) is 4.55. The molecule has 0 aliphatic heterocycles. The fraction of sp³-hybridized carbons (Fsp3) is 0.455. The van der Waals surface area contributed by atoms with Crippen molar-refractivity contribution >= 4 is 21.6 Å². The van der Waals surface area contributed by atoms with Crippen molar-refractivity contribution in [2.75, 3.05) is 19.0 Å². The van der Waals surface area contributed by atoms with E-state index in [9.17, 15) is 0 Å². The molecule has 1 aromatic carbocycles. The molecule has 1 aromatic rings.